The van der Waals surface area contributed by atoms with Gasteiger partial charge in [0.1, 0.15) is 6.10 Å². The summed E-state index contributed by atoms with van der Waals surface area (Å²) in [6.45, 7) is 2.79. The number of halogens is 1. The molecule has 6 heteroatoms. The van der Waals surface area contributed by atoms with Gasteiger partial charge in [-0.3, -0.25) is 4.79 Å². The second-order valence-corrected chi connectivity index (χ2v) is 7.63. The molecule has 1 saturated heterocycles. The van der Waals surface area contributed by atoms with Crippen molar-refractivity contribution in [2.45, 2.75) is 41.4 Å². The van der Waals surface area contributed by atoms with Crippen molar-refractivity contribution >= 4 is 30.1 Å². The van der Waals surface area contributed by atoms with Gasteiger partial charge >= 0.3 is 0 Å². The van der Waals surface area contributed by atoms with E-state index in [0.29, 0.717) is 13.2 Å². The molecule has 2 aliphatic rings. The van der Waals surface area contributed by atoms with E-state index >= 15 is 0 Å². The molecule has 23 heavy (non-hydrogen) atoms. The fourth-order valence-corrected chi connectivity index (χ4v) is 4.60. The highest BCUT2D eigenvalue weighted by atomic mass is 35.5. The van der Waals surface area contributed by atoms with Crippen LogP contribution in [0, 0.1) is 0 Å². The number of nitrogens with one attached hydrogen (secondary N) is 2. The fourth-order valence-electron chi connectivity index (χ4n) is 3.17. The number of carbonyl (C=O) groups excluding carboxylic acids is 1. The molecule has 1 atom stereocenters. The van der Waals surface area contributed by atoms with Gasteiger partial charge in [-0.25, -0.2) is 0 Å². The van der Waals surface area contributed by atoms with Gasteiger partial charge in [0.05, 0.1) is 6.61 Å². The lowest BCUT2D eigenvalue weighted by Gasteiger charge is -2.30. The van der Waals surface area contributed by atoms with E-state index in [2.05, 4.69) is 34.9 Å². The third-order valence-electron chi connectivity index (χ3n) is 4.40. The van der Waals surface area contributed by atoms with E-state index in [4.69, 9.17) is 4.74 Å². The summed E-state index contributed by atoms with van der Waals surface area (Å²) in [6, 6.07) is 10.5. The Morgan fingerprint density at radius 3 is 2.70 bits per heavy atom. The lowest BCUT2D eigenvalue weighted by molar-refractivity contribution is -0.134. The smallest absolute Gasteiger partial charge is 0.250 e. The maximum atomic E-state index is 12.3. The van der Waals surface area contributed by atoms with Gasteiger partial charge in [-0.05, 0) is 25.0 Å². The number of thioether (sulfide) groups is 1. The number of hydrogen-bond acceptors (Lipinski definition) is 4. The van der Waals surface area contributed by atoms with Gasteiger partial charge in [-0.2, -0.15) is 0 Å². The maximum absolute atomic E-state index is 12.3. The SMILES string of the molecule is Cl.O=C(NCC1(Sc2ccccc2)CCCC1)C1CNCCO1. The number of rotatable bonds is 5. The summed E-state index contributed by atoms with van der Waals surface area (Å²) in [4.78, 5) is 13.6. The lowest BCUT2D eigenvalue weighted by Crippen LogP contribution is -2.50. The molecule has 1 amide bonds. The first-order valence-corrected chi connectivity index (χ1v) is 8.93. The molecular formula is C17H25ClN2O2S. The molecule has 2 fully saturated rings. The van der Waals surface area contributed by atoms with Crippen LogP contribution in [0.1, 0.15) is 25.7 Å². The summed E-state index contributed by atoms with van der Waals surface area (Å²) >= 11 is 1.92. The summed E-state index contributed by atoms with van der Waals surface area (Å²) in [6.07, 6.45) is 4.48. The van der Waals surface area contributed by atoms with E-state index in [0.717, 1.165) is 25.9 Å². The standard InChI is InChI=1S/C17H24N2O2S.ClH/c20-16(15-12-18-10-11-21-15)19-13-17(8-4-5-9-17)22-14-6-2-1-3-7-14;/h1-3,6-7,15,18H,4-5,8-13H2,(H,19,20);1H. The molecular weight excluding hydrogens is 332 g/mol. The Kier molecular flexibility index (Phi) is 7.21. The number of carbonyl (C=O) groups is 1. The highest BCUT2D eigenvalue weighted by Gasteiger charge is 2.36. The minimum atomic E-state index is -0.339. The molecule has 0 radical (unpaired) electrons. The molecule has 0 aromatic heterocycles. The molecule has 4 nitrogen and oxygen atoms in total. The molecule has 1 saturated carbocycles. The molecule has 1 aliphatic carbocycles. The first-order valence-electron chi connectivity index (χ1n) is 8.12. The van der Waals surface area contributed by atoms with Crippen molar-refractivity contribution in [3.63, 3.8) is 0 Å². The van der Waals surface area contributed by atoms with Gasteiger partial charge in [-0.1, -0.05) is 31.0 Å². The Morgan fingerprint density at radius 2 is 2.04 bits per heavy atom. The zero-order valence-corrected chi connectivity index (χ0v) is 14.9. The highest BCUT2D eigenvalue weighted by Crippen LogP contribution is 2.44. The third-order valence-corrected chi connectivity index (χ3v) is 5.89. The van der Waals surface area contributed by atoms with E-state index in [-0.39, 0.29) is 29.2 Å². The summed E-state index contributed by atoms with van der Waals surface area (Å²) in [5.74, 6) is 0.0205. The normalized spacial score (nSPS) is 23.0. The van der Waals surface area contributed by atoms with Crippen LogP contribution in [0.2, 0.25) is 0 Å². The van der Waals surface area contributed by atoms with Gasteiger partial charge in [0.2, 0.25) is 0 Å². The van der Waals surface area contributed by atoms with E-state index in [1.165, 1.54) is 17.7 Å². The summed E-state index contributed by atoms with van der Waals surface area (Å²) < 4.78 is 5.66. The number of hydrogen-bond donors (Lipinski definition) is 2. The van der Waals surface area contributed by atoms with Gasteiger partial charge in [0.15, 0.2) is 0 Å². The molecule has 0 bridgehead atoms. The second kappa shape index (κ2) is 8.92. The Labute approximate surface area is 148 Å². The van der Waals surface area contributed by atoms with Crippen molar-refractivity contribution in [2.24, 2.45) is 0 Å². The zero-order chi connectivity index (χ0) is 15.3. The van der Waals surface area contributed by atoms with Gasteiger partial charge in [0.25, 0.3) is 5.91 Å². The van der Waals surface area contributed by atoms with Crippen molar-refractivity contribution in [1.82, 2.24) is 10.6 Å². The molecule has 1 heterocycles. The van der Waals surface area contributed by atoms with Crippen LogP contribution in [-0.2, 0) is 9.53 Å². The van der Waals surface area contributed by atoms with E-state index in [1.54, 1.807) is 0 Å². The van der Waals surface area contributed by atoms with Crippen LogP contribution in [0.4, 0.5) is 0 Å². The average molecular weight is 357 g/mol. The third kappa shape index (κ3) is 5.11. The van der Waals surface area contributed by atoms with Crippen LogP contribution in [0.5, 0.6) is 0 Å². The highest BCUT2D eigenvalue weighted by molar-refractivity contribution is 8.00. The second-order valence-electron chi connectivity index (χ2n) is 6.09. The number of morpholine rings is 1. The average Bonchev–Trinajstić information content (AvgIpc) is 3.03. The van der Waals surface area contributed by atoms with Crippen LogP contribution in [0.3, 0.4) is 0 Å². The predicted molar refractivity (Wildman–Crippen MR) is 96.4 cm³/mol. The molecule has 128 valence electrons. The van der Waals surface area contributed by atoms with E-state index in [1.807, 2.05) is 17.8 Å². The van der Waals surface area contributed by atoms with E-state index in [9.17, 15) is 4.79 Å². The van der Waals surface area contributed by atoms with Crippen LogP contribution in [-0.4, -0.2) is 43.0 Å². The minimum Gasteiger partial charge on any atom is -0.366 e. The topological polar surface area (TPSA) is 50.4 Å². The van der Waals surface area contributed by atoms with Crippen molar-refractivity contribution in [3.8, 4) is 0 Å². The van der Waals surface area contributed by atoms with Gasteiger partial charge < -0.3 is 15.4 Å². The Bertz CT molecular complexity index is 489. The Balaban J connectivity index is 0.00000192. The Hall–Kier alpha value is -0.750. The molecule has 1 unspecified atom stereocenters. The number of benzene rings is 1. The molecule has 1 aromatic rings. The first kappa shape index (κ1) is 18.6. The van der Waals surface area contributed by atoms with Gasteiger partial charge in [-0.15, -0.1) is 24.2 Å². The minimum absolute atomic E-state index is 0. The summed E-state index contributed by atoms with van der Waals surface area (Å²) in [5.41, 5.74) is 0. The predicted octanol–water partition coefficient (Wildman–Crippen LogP) is 2.62. The molecule has 2 N–H and O–H groups in total. The van der Waals surface area contributed by atoms with Crippen molar-refractivity contribution < 1.29 is 9.53 Å². The van der Waals surface area contributed by atoms with Crippen molar-refractivity contribution in [1.29, 1.82) is 0 Å². The Morgan fingerprint density at radius 1 is 1.30 bits per heavy atom. The van der Waals surface area contributed by atoms with Crippen molar-refractivity contribution in [2.75, 3.05) is 26.2 Å². The van der Waals surface area contributed by atoms with Crippen LogP contribution in [0.15, 0.2) is 35.2 Å². The summed E-state index contributed by atoms with van der Waals surface area (Å²) in [7, 11) is 0. The first-order chi connectivity index (χ1) is 10.8. The quantitative estimate of drug-likeness (QED) is 0.851. The summed E-state index contributed by atoms with van der Waals surface area (Å²) in [5, 5.41) is 6.33. The maximum Gasteiger partial charge on any atom is 0.250 e. The van der Waals surface area contributed by atoms with Crippen molar-refractivity contribution in [3.05, 3.63) is 30.3 Å². The lowest BCUT2D eigenvalue weighted by atomic mass is 10.1. The van der Waals surface area contributed by atoms with E-state index < -0.39 is 0 Å². The zero-order valence-electron chi connectivity index (χ0n) is 13.3. The fraction of sp³-hybridized carbons (Fsp3) is 0.588. The largest absolute Gasteiger partial charge is 0.366 e. The number of ether oxygens (including phenoxy) is 1. The van der Waals surface area contributed by atoms with Crippen LogP contribution >= 0.6 is 24.2 Å². The number of amides is 1. The van der Waals surface area contributed by atoms with Crippen LogP contribution < -0.4 is 10.6 Å². The van der Waals surface area contributed by atoms with Gasteiger partial charge in [0, 0.05) is 29.3 Å². The molecule has 1 aliphatic heterocycles. The molecule has 3 rings (SSSR count). The molecule has 1 aromatic carbocycles. The monoisotopic (exact) mass is 356 g/mol. The van der Waals surface area contributed by atoms with Crippen LogP contribution in [0.25, 0.3) is 0 Å². The molecule has 0 spiro atoms.